The molecule has 7 heteroatoms. The van der Waals surface area contributed by atoms with Crippen LogP contribution in [0.4, 0.5) is 5.82 Å². The number of aromatic nitrogens is 2. The zero-order valence-electron chi connectivity index (χ0n) is 19.1. The van der Waals surface area contributed by atoms with E-state index in [9.17, 15) is 9.90 Å². The molecule has 172 valence electrons. The third-order valence-electron chi connectivity index (χ3n) is 6.21. The van der Waals surface area contributed by atoms with E-state index in [0.29, 0.717) is 29.4 Å². The average Bonchev–Trinajstić information content (AvgIpc) is 3.15. The molecule has 1 aromatic heterocycles. The summed E-state index contributed by atoms with van der Waals surface area (Å²) in [4.78, 5) is 21.5. The van der Waals surface area contributed by atoms with Crippen LogP contribution in [0.1, 0.15) is 48.8 Å². The van der Waals surface area contributed by atoms with E-state index in [2.05, 4.69) is 17.4 Å². The second kappa shape index (κ2) is 9.79. The van der Waals surface area contributed by atoms with Gasteiger partial charge in [0.15, 0.2) is 0 Å². The van der Waals surface area contributed by atoms with Gasteiger partial charge >= 0.3 is 5.97 Å². The van der Waals surface area contributed by atoms with Crippen molar-refractivity contribution in [2.45, 2.75) is 45.6 Å². The Morgan fingerprint density at radius 3 is 2.58 bits per heavy atom. The number of fused-ring (bicyclic) bond motifs is 1. The molecule has 0 fully saturated rings. The number of nitrogens with zero attached hydrogens (tertiary/aromatic N) is 2. The number of ether oxygens (including phenoxy) is 1. The fourth-order valence-corrected chi connectivity index (χ4v) is 4.84. The SMILES string of the molecule is CCc1nc(-c2ccc(OC)cc2Cl)c(CC)nc1NC1c2ccccc2CC1CC(=O)O. The molecule has 2 aromatic carbocycles. The summed E-state index contributed by atoms with van der Waals surface area (Å²) in [5.41, 5.74) is 5.56. The molecular weight excluding hydrogens is 438 g/mol. The number of methoxy groups -OCH3 is 1. The topological polar surface area (TPSA) is 84.3 Å². The van der Waals surface area contributed by atoms with Gasteiger partial charge in [-0.2, -0.15) is 0 Å². The van der Waals surface area contributed by atoms with Crippen molar-refractivity contribution in [2.75, 3.05) is 12.4 Å². The van der Waals surface area contributed by atoms with Gasteiger partial charge in [0.25, 0.3) is 0 Å². The van der Waals surface area contributed by atoms with Crippen LogP contribution in [0, 0.1) is 5.92 Å². The molecule has 0 spiro atoms. The van der Waals surface area contributed by atoms with Crippen LogP contribution < -0.4 is 10.1 Å². The Hall–Kier alpha value is -3.12. The van der Waals surface area contributed by atoms with Gasteiger partial charge in [-0.1, -0.05) is 49.7 Å². The molecule has 33 heavy (non-hydrogen) atoms. The molecule has 1 aliphatic rings. The fourth-order valence-electron chi connectivity index (χ4n) is 4.58. The van der Waals surface area contributed by atoms with Crippen LogP contribution in [0.15, 0.2) is 42.5 Å². The largest absolute Gasteiger partial charge is 0.497 e. The van der Waals surface area contributed by atoms with Crippen LogP contribution in [-0.4, -0.2) is 28.2 Å². The fraction of sp³-hybridized carbons (Fsp3) is 0.346. The molecule has 0 amide bonds. The summed E-state index contributed by atoms with van der Waals surface area (Å²) in [6.45, 7) is 4.08. The summed E-state index contributed by atoms with van der Waals surface area (Å²) in [6.07, 6.45) is 2.19. The number of halogens is 1. The quantitative estimate of drug-likeness (QED) is 0.442. The molecular formula is C26H28ClN3O3. The monoisotopic (exact) mass is 465 g/mol. The highest BCUT2D eigenvalue weighted by atomic mass is 35.5. The summed E-state index contributed by atoms with van der Waals surface area (Å²) in [5, 5.41) is 13.6. The van der Waals surface area contributed by atoms with E-state index < -0.39 is 5.97 Å². The smallest absolute Gasteiger partial charge is 0.303 e. The van der Waals surface area contributed by atoms with Gasteiger partial charge in [-0.3, -0.25) is 4.79 Å². The number of carbonyl (C=O) groups is 1. The summed E-state index contributed by atoms with van der Waals surface area (Å²) in [6, 6.07) is 13.6. The molecule has 0 saturated heterocycles. The lowest BCUT2D eigenvalue weighted by Crippen LogP contribution is -2.22. The maximum Gasteiger partial charge on any atom is 0.303 e. The highest BCUT2D eigenvalue weighted by Gasteiger charge is 2.34. The number of hydrogen-bond acceptors (Lipinski definition) is 5. The molecule has 2 unspecified atom stereocenters. The molecule has 4 rings (SSSR count). The van der Waals surface area contributed by atoms with Crippen LogP contribution in [-0.2, 0) is 24.1 Å². The van der Waals surface area contributed by atoms with Crippen molar-refractivity contribution in [2.24, 2.45) is 5.92 Å². The molecule has 3 aromatic rings. The van der Waals surface area contributed by atoms with Crippen molar-refractivity contribution in [3.63, 3.8) is 0 Å². The number of rotatable bonds is 8. The minimum absolute atomic E-state index is 0.0489. The Labute approximate surface area is 199 Å². The van der Waals surface area contributed by atoms with Gasteiger partial charge < -0.3 is 15.2 Å². The summed E-state index contributed by atoms with van der Waals surface area (Å²) >= 11 is 6.55. The number of aliphatic carboxylic acids is 1. The van der Waals surface area contributed by atoms with E-state index >= 15 is 0 Å². The number of anilines is 1. The minimum Gasteiger partial charge on any atom is -0.497 e. The first-order chi connectivity index (χ1) is 15.9. The molecule has 0 radical (unpaired) electrons. The van der Waals surface area contributed by atoms with Gasteiger partial charge in [0.2, 0.25) is 0 Å². The minimum atomic E-state index is -0.792. The van der Waals surface area contributed by atoms with E-state index in [4.69, 9.17) is 26.3 Å². The van der Waals surface area contributed by atoms with Crippen molar-refractivity contribution >= 4 is 23.4 Å². The van der Waals surface area contributed by atoms with Crippen LogP contribution in [0.3, 0.4) is 0 Å². The Kier molecular flexibility index (Phi) is 6.84. The Balaban J connectivity index is 1.75. The van der Waals surface area contributed by atoms with Crippen LogP contribution >= 0.6 is 11.6 Å². The van der Waals surface area contributed by atoms with Crippen molar-refractivity contribution in [3.05, 3.63) is 70.0 Å². The zero-order chi connectivity index (χ0) is 23.5. The van der Waals surface area contributed by atoms with Crippen LogP contribution in [0.2, 0.25) is 5.02 Å². The third kappa shape index (κ3) is 4.67. The first-order valence-corrected chi connectivity index (χ1v) is 11.6. The molecule has 0 bridgehead atoms. The van der Waals surface area contributed by atoms with Gasteiger partial charge in [0.05, 0.1) is 41.7 Å². The van der Waals surface area contributed by atoms with E-state index in [1.165, 1.54) is 5.56 Å². The standard InChI is InChI=1S/C26H28ClN3O3/c1-4-21-25(19-11-10-17(33-3)14-20(19)27)28-22(5-2)26(29-21)30-24-16(13-23(31)32)12-15-8-6-7-9-18(15)24/h6-11,14,16,24H,4-5,12-13H2,1-3H3,(H,29,30)(H,31,32). The number of carboxylic acid groups (broad SMARTS) is 1. The van der Waals surface area contributed by atoms with Gasteiger partial charge in [0, 0.05) is 5.56 Å². The Bertz CT molecular complexity index is 1180. The van der Waals surface area contributed by atoms with Crippen molar-refractivity contribution < 1.29 is 14.6 Å². The number of carboxylic acids is 1. The lowest BCUT2D eigenvalue weighted by molar-refractivity contribution is -0.138. The van der Waals surface area contributed by atoms with Gasteiger partial charge in [-0.05, 0) is 54.5 Å². The zero-order valence-corrected chi connectivity index (χ0v) is 19.8. The molecule has 2 atom stereocenters. The molecule has 2 N–H and O–H groups in total. The average molecular weight is 466 g/mol. The third-order valence-corrected chi connectivity index (χ3v) is 6.53. The lowest BCUT2D eigenvalue weighted by atomic mass is 9.97. The molecule has 0 aliphatic heterocycles. The normalized spacial score (nSPS) is 17.0. The van der Waals surface area contributed by atoms with Crippen LogP contribution in [0.5, 0.6) is 5.75 Å². The highest BCUT2D eigenvalue weighted by molar-refractivity contribution is 6.33. The molecule has 6 nitrogen and oxygen atoms in total. The first kappa shape index (κ1) is 23.1. The van der Waals surface area contributed by atoms with Crippen molar-refractivity contribution in [1.82, 2.24) is 9.97 Å². The van der Waals surface area contributed by atoms with Gasteiger partial charge in [0.1, 0.15) is 11.6 Å². The molecule has 1 heterocycles. The predicted octanol–water partition coefficient (Wildman–Crippen LogP) is 5.73. The second-order valence-corrected chi connectivity index (χ2v) is 8.66. The van der Waals surface area contributed by atoms with E-state index in [0.717, 1.165) is 34.6 Å². The number of nitrogens with one attached hydrogen (secondary N) is 1. The summed E-state index contributed by atoms with van der Waals surface area (Å²) in [5.74, 6) is 0.556. The Morgan fingerprint density at radius 1 is 1.15 bits per heavy atom. The maximum atomic E-state index is 11.5. The highest BCUT2D eigenvalue weighted by Crippen LogP contribution is 2.41. The second-order valence-electron chi connectivity index (χ2n) is 8.25. The number of benzene rings is 2. The molecule has 0 saturated carbocycles. The van der Waals surface area contributed by atoms with E-state index in [1.54, 1.807) is 13.2 Å². The maximum absolute atomic E-state index is 11.5. The first-order valence-electron chi connectivity index (χ1n) is 11.2. The van der Waals surface area contributed by atoms with Crippen molar-refractivity contribution in [3.8, 4) is 17.0 Å². The summed E-state index contributed by atoms with van der Waals surface area (Å²) < 4.78 is 5.27. The Morgan fingerprint density at radius 2 is 1.91 bits per heavy atom. The van der Waals surface area contributed by atoms with Gasteiger partial charge in [-0.15, -0.1) is 0 Å². The van der Waals surface area contributed by atoms with Gasteiger partial charge in [-0.25, -0.2) is 9.97 Å². The number of hydrogen-bond donors (Lipinski definition) is 2. The molecule has 1 aliphatic carbocycles. The van der Waals surface area contributed by atoms with Crippen LogP contribution in [0.25, 0.3) is 11.3 Å². The number of aryl methyl sites for hydroxylation is 2. The predicted molar refractivity (Wildman–Crippen MR) is 130 cm³/mol. The van der Waals surface area contributed by atoms with E-state index in [1.807, 2.05) is 38.1 Å². The van der Waals surface area contributed by atoms with E-state index in [-0.39, 0.29) is 18.4 Å². The lowest BCUT2D eigenvalue weighted by Gasteiger charge is -2.23. The van der Waals surface area contributed by atoms with Crippen molar-refractivity contribution in [1.29, 1.82) is 0 Å². The summed E-state index contributed by atoms with van der Waals surface area (Å²) in [7, 11) is 1.61.